The topological polar surface area (TPSA) is 64.3 Å². The first kappa shape index (κ1) is 13.4. The second-order valence-corrected chi connectivity index (χ2v) is 4.84. The summed E-state index contributed by atoms with van der Waals surface area (Å²) >= 11 is 0. The molecule has 0 saturated heterocycles. The van der Waals surface area contributed by atoms with Crippen LogP contribution in [0.4, 0.5) is 5.69 Å². The van der Waals surface area contributed by atoms with Gasteiger partial charge in [-0.05, 0) is 30.9 Å². The van der Waals surface area contributed by atoms with E-state index in [1.54, 1.807) is 0 Å². The van der Waals surface area contributed by atoms with Crippen LogP contribution in [0.1, 0.15) is 37.2 Å². The molecular formula is C15H18N2O2. The first-order chi connectivity index (χ1) is 9.24. The third kappa shape index (κ3) is 3.05. The number of aliphatic carboxylic acids is 1. The summed E-state index contributed by atoms with van der Waals surface area (Å²) in [6, 6.07) is 9.90. The van der Waals surface area contributed by atoms with Crippen LogP contribution in [0.5, 0.6) is 0 Å². The number of carboxylic acids is 1. The van der Waals surface area contributed by atoms with Crippen molar-refractivity contribution in [2.45, 2.75) is 31.6 Å². The molecule has 0 fully saturated rings. The second kappa shape index (κ2) is 6.24. The maximum absolute atomic E-state index is 11.3. The normalized spacial score (nSPS) is 17.6. The van der Waals surface area contributed by atoms with Crippen molar-refractivity contribution in [3.63, 3.8) is 0 Å². The lowest BCUT2D eigenvalue weighted by Crippen LogP contribution is -2.34. The van der Waals surface area contributed by atoms with Gasteiger partial charge >= 0.3 is 5.97 Å². The Balaban J connectivity index is 2.10. The molecule has 4 heteroatoms. The van der Waals surface area contributed by atoms with Crippen LogP contribution in [0, 0.1) is 11.3 Å². The number of benzene rings is 1. The van der Waals surface area contributed by atoms with E-state index in [2.05, 4.69) is 11.0 Å². The Morgan fingerprint density at radius 2 is 2.21 bits per heavy atom. The van der Waals surface area contributed by atoms with Gasteiger partial charge in [0, 0.05) is 25.2 Å². The van der Waals surface area contributed by atoms with Gasteiger partial charge in [0.15, 0.2) is 0 Å². The lowest BCUT2D eigenvalue weighted by atomic mass is 9.90. The Kier molecular flexibility index (Phi) is 4.40. The molecule has 1 aromatic rings. The zero-order valence-electron chi connectivity index (χ0n) is 10.9. The Morgan fingerprint density at radius 3 is 2.95 bits per heavy atom. The van der Waals surface area contributed by atoms with Crippen molar-refractivity contribution in [3.05, 3.63) is 29.8 Å². The minimum Gasteiger partial charge on any atom is -0.481 e. The maximum Gasteiger partial charge on any atom is 0.311 e. The molecule has 1 atom stereocenters. The highest BCUT2D eigenvalue weighted by atomic mass is 16.4. The van der Waals surface area contributed by atoms with Crippen LogP contribution in [-0.4, -0.2) is 24.2 Å². The van der Waals surface area contributed by atoms with Crippen LogP contribution < -0.4 is 4.90 Å². The molecule has 0 bridgehead atoms. The van der Waals surface area contributed by atoms with E-state index in [0.717, 1.165) is 37.2 Å². The summed E-state index contributed by atoms with van der Waals surface area (Å²) in [7, 11) is 0. The number of rotatable bonds is 5. The second-order valence-electron chi connectivity index (χ2n) is 4.84. The average molecular weight is 258 g/mol. The number of para-hydroxylation sites is 1. The highest BCUT2D eigenvalue weighted by Crippen LogP contribution is 2.35. The molecule has 2 rings (SSSR count). The minimum absolute atomic E-state index is 0.383. The van der Waals surface area contributed by atoms with Gasteiger partial charge < -0.3 is 10.0 Å². The zero-order valence-corrected chi connectivity index (χ0v) is 10.9. The van der Waals surface area contributed by atoms with Gasteiger partial charge in [0.05, 0.1) is 12.0 Å². The lowest BCUT2D eigenvalue weighted by Gasteiger charge is -2.34. The van der Waals surface area contributed by atoms with E-state index in [0.29, 0.717) is 12.8 Å². The molecule has 19 heavy (non-hydrogen) atoms. The van der Waals surface area contributed by atoms with E-state index in [1.165, 1.54) is 0 Å². The molecule has 4 nitrogen and oxygen atoms in total. The van der Waals surface area contributed by atoms with Crippen LogP contribution in [0.25, 0.3) is 0 Å². The van der Waals surface area contributed by atoms with Crippen LogP contribution in [-0.2, 0) is 4.79 Å². The maximum atomic E-state index is 11.3. The van der Waals surface area contributed by atoms with Gasteiger partial charge in [-0.25, -0.2) is 0 Å². The van der Waals surface area contributed by atoms with Crippen molar-refractivity contribution >= 4 is 11.7 Å². The number of fused-ring (bicyclic) bond motifs is 1. The van der Waals surface area contributed by atoms with Gasteiger partial charge in [0.25, 0.3) is 0 Å². The number of anilines is 1. The van der Waals surface area contributed by atoms with E-state index in [4.69, 9.17) is 5.26 Å². The van der Waals surface area contributed by atoms with Crippen LogP contribution in [0.15, 0.2) is 24.3 Å². The Morgan fingerprint density at radius 1 is 1.42 bits per heavy atom. The number of nitrogens with zero attached hydrogens (tertiary/aromatic N) is 2. The van der Waals surface area contributed by atoms with Crippen molar-refractivity contribution < 1.29 is 9.90 Å². The highest BCUT2D eigenvalue weighted by Gasteiger charge is 2.29. The molecule has 0 saturated carbocycles. The summed E-state index contributed by atoms with van der Waals surface area (Å²) in [4.78, 5) is 13.5. The van der Waals surface area contributed by atoms with E-state index in [1.807, 2.05) is 24.3 Å². The SMILES string of the molecule is N#CCCCCN1CCC(C(=O)O)c2ccccc21. The number of hydrogen-bond acceptors (Lipinski definition) is 3. The van der Waals surface area contributed by atoms with Gasteiger partial charge in [-0.3, -0.25) is 4.79 Å². The van der Waals surface area contributed by atoms with Gasteiger partial charge in [0.1, 0.15) is 0 Å². The predicted molar refractivity (Wildman–Crippen MR) is 73.1 cm³/mol. The van der Waals surface area contributed by atoms with Gasteiger partial charge in [-0.15, -0.1) is 0 Å². The third-order valence-electron chi connectivity index (χ3n) is 3.61. The molecule has 1 heterocycles. The quantitative estimate of drug-likeness (QED) is 0.825. The number of hydrogen-bond donors (Lipinski definition) is 1. The molecular weight excluding hydrogens is 240 g/mol. The molecule has 1 aliphatic heterocycles. The Hall–Kier alpha value is -2.02. The number of unbranched alkanes of at least 4 members (excludes halogenated alkanes) is 2. The summed E-state index contributed by atoms with van der Waals surface area (Å²) < 4.78 is 0. The standard InChI is InChI=1S/C15H18N2O2/c16-9-4-1-5-10-17-11-8-13(15(18)19)12-6-2-3-7-14(12)17/h2-3,6-7,13H,1,4-5,8,10-11H2,(H,18,19). The fourth-order valence-corrected chi connectivity index (χ4v) is 2.63. The molecule has 0 radical (unpaired) electrons. The molecule has 0 aliphatic carbocycles. The first-order valence-electron chi connectivity index (χ1n) is 6.67. The summed E-state index contributed by atoms with van der Waals surface area (Å²) in [6.45, 7) is 1.67. The monoisotopic (exact) mass is 258 g/mol. The van der Waals surface area contributed by atoms with E-state index >= 15 is 0 Å². The highest BCUT2D eigenvalue weighted by molar-refractivity contribution is 5.80. The van der Waals surface area contributed by atoms with Crippen molar-refractivity contribution in [1.29, 1.82) is 5.26 Å². The molecule has 1 aliphatic rings. The predicted octanol–water partition coefficient (Wildman–Crippen LogP) is 2.76. The third-order valence-corrected chi connectivity index (χ3v) is 3.61. The summed E-state index contributed by atoms with van der Waals surface area (Å²) in [5.41, 5.74) is 1.96. The van der Waals surface area contributed by atoms with Gasteiger partial charge in [0.2, 0.25) is 0 Å². The van der Waals surface area contributed by atoms with Crippen LogP contribution in [0.3, 0.4) is 0 Å². The number of carboxylic acid groups (broad SMARTS) is 1. The molecule has 100 valence electrons. The smallest absolute Gasteiger partial charge is 0.311 e. The number of carbonyl (C=O) groups is 1. The Bertz CT molecular complexity index is 493. The molecule has 1 unspecified atom stereocenters. The van der Waals surface area contributed by atoms with Crippen molar-refractivity contribution in [2.75, 3.05) is 18.0 Å². The fourth-order valence-electron chi connectivity index (χ4n) is 2.63. The summed E-state index contributed by atoms with van der Waals surface area (Å²) in [5.74, 6) is -1.12. The molecule has 1 N–H and O–H groups in total. The van der Waals surface area contributed by atoms with Crippen molar-refractivity contribution in [2.24, 2.45) is 0 Å². The van der Waals surface area contributed by atoms with Crippen molar-refractivity contribution in [3.8, 4) is 6.07 Å². The lowest BCUT2D eigenvalue weighted by molar-refractivity contribution is -0.139. The molecule has 0 aromatic heterocycles. The first-order valence-corrected chi connectivity index (χ1v) is 6.67. The van der Waals surface area contributed by atoms with Crippen LogP contribution >= 0.6 is 0 Å². The molecule has 1 aromatic carbocycles. The van der Waals surface area contributed by atoms with E-state index in [9.17, 15) is 9.90 Å². The van der Waals surface area contributed by atoms with E-state index < -0.39 is 5.97 Å². The molecule has 0 spiro atoms. The summed E-state index contributed by atoms with van der Waals surface area (Å²) in [6.07, 6.45) is 3.12. The average Bonchev–Trinajstić information content (AvgIpc) is 2.43. The number of nitriles is 1. The van der Waals surface area contributed by atoms with Crippen LogP contribution in [0.2, 0.25) is 0 Å². The fraction of sp³-hybridized carbons (Fsp3) is 0.467. The van der Waals surface area contributed by atoms with Gasteiger partial charge in [-0.2, -0.15) is 5.26 Å². The van der Waals surface area contributed by atoms with Crippen molar-refractivity contribution in [1.82, 2.24) is 0 Å². The summed E-state index contributed by atoms with van der Waals surface area (Å²) in [5, 5.41) is 17.8. The van der Waals surface area contributed by atoms with Gasteiger partial charge in [-0.1, -0.05) is 18.2 Å². The minimum atomic E-state index is -0.739. The van der Waals surface area contributed by atoms with E-state index in [-0.39, 0.29) is 5.92 Å². The Labute approximate surface area is 113 Å². The molecule has 0 amide bonds. The zero-order chi connectivity index (χ0) is 13.7. The largest absolute Gasteiger partial charge is 0.481 e.